The van der Waals surface area contributed by atoms with Gasteiger partial charge in [0, 0.05) is 0 Å². The van der Waals surface area contributed by atoms with Crippen LogP contribution >= 0.6 is 0 Å². The highest BCUT2D eigenvalue weighted by Gasteiger charge is 2.03. The standard InChI is InChI=1S/2C8H8O3/c2*1-11-8(10)6-2-4-7(9)5-3-6/h2*2-5,9H,1H3. The molecule has 0 aromatic heterocycles. The molecule has 0 fully saturated rings. The first kappa shape index (κ1) is 17.0. The van der Waals surface area contributed by atoms with Crippen LogP contribution in [0.4, 0.5) is 0 Å². The van der Waals surface area contributed by atoms with Gasteiger partial charge in [-0.2, -0.15) is 0 Å². The van der Waals surface area contributed by atoms with Crippen molar-refractivity contribution >= 4 is 11.9 Å². The number of phenols is 2. The Labute approximate surface area is 127 Å². The molecule has 0 bridgehead atoms. The number of methoxy groups -OCH3 is 2. The van der Waals surface area contributed by atoms with Gasteiger partial charge >= 0.3 is 11.9 Å². The number of aromatic hydroxyl groups is 2. The van der Waals surface area contributed by atoms with Crippen LogP contribution in [0.2, 0.25) is 0 Å². The average molecular weight is 304 g/mol. The monoisotopic (exact) mass is 304 g/mol. The third-order valence-electron chi connectivity index (χ3n) is 2.58. The van der Waals surface area contributed by atoms with E-state index in [1.807, 2.05) is 0 Å². The van der Waals surface area contributed by atoms with Crippen molar-refractivity contribution in [3.05, 3.63) is 59.7 Å². The van der Waals surface area contributed by atoms with Crippen LogP contribution in [0, 0.1) is 0 Å². The topological polar surface area (TPSA) is 93.1 Å². The lowest BCUT2D eigenvalue weighted by Gasteiger charge is -1.97. The number of hydrogen-bond acceptors (Lipinski definition) is 6. The van der Waals surface area contributed by atoms with E-state index in [0.29, 0.717) is 11.1 Å². The Morgan fingerprint density at radius 3 is 1.18 bits per heavy atom. The Kier molecular flexibility index (Phi) is 6.43. The molecule has 22 heavy (non-hydrogen) atoms. The highest BCUT2D eigenvalue weighted by Crippen LogP contribution is 2.10. The maximum atomic E-state index is 10.8. The number of benzene rings is 2. The van der Waals surface area contributed by atoms with Crippen molar-refractivity contribution in [3.63, 3.8) is 0 Å². The van der Waals surface area contributed by atoms with Crippen LogP contribution in [-0.4, -0.2) is 36.4 Å². The van der Waals surface area contributed by atoms with Gasteiger partial charge in [-0.3, -0.25) is 0 Å². The van der Waals surface area contributed by atoms with Crippen molar-refractivity contribution in [3.8, 4) is 11.5 Å². The fourth-order valence-electron chi connectivity index (χ4n) is 1.43. The van der Waals surface area contributed by atoms with Crippen LogP contribution in [0.15, 0.2) is 48.5 Å². The van der Waals surface area contributed by atoms with Crippen molar-refractivity contribution in [1.29, 1.82) is 0 Å². The van der Waals surface area contributed by atoms with E-state index in [2.05, 4.69) is 9.47 Å². The van der Waals surface area contributed by atoms with Crippen LogP contribution < -0.4 is 0 Å². The molecular weight excluding hydrogens is 288 g/mol. The molecule has 2 aromatic rings. The lowest BCUT2D eigenvalue weighted by atomic mass is 10.2. The number of esters is 2. The molecule has 0 heterocycles. The van der Waals surface area contributed by atoms with E-state index in [4.69, 9.17) is 10.2 Å². The number of phenolic OH excluding ortho intramolecular Hbond substituents is 2. The van der Waals surface area contributed by atoms with Gasteiger partial charge in [-0.1, -0.05) is 0 Å². The summed E-state index contributed by atoms with van der Waals surface area (Å²) in [5.41, 5.74) is 0.871. The van der Waals surface area contributed by atoms with E-state index in [1.54, 1.807) is 0 Å². The van der Waals surface area contributed by atoms with Crippen molar-refractivity contribution in [2.24, 2.45) is 0 Å². The number of carbonyl (C=O) groups is 2. The molecule has 6 nitrogen and oxygen atoms in total. The predicted molar refractivity (Wildman–Crippen MR) is 78.9 cm³/mol. The minimum atomic E-state index is -0.398. The Hall–Kier alpha value is -3.02. The molecule has 0 aliphatic carbocycles. The second-order valence-electron chi connectivity index (χ2n) is 4.08. The molecule has 0 unspecified atom stereocenters. The zero-order chi connectivity index (χ0) is 16.5. The lowest BCUT2D eigenvalue weighted by Crippen LogP contribution is -1.99. The quantitative estimate of drug-likeness (QED) is 0.827. The summed E-state index contributed by atoms with van der Waals surface area (Å²) in [6, 6.07) is 11.8. The summed E-state index contributed by atoms with van der Waals surface area (Å²) >= 11 is 0. The zero-order valence-corrected chi connectivity index (χ0v) is 12.1. The minimum Gasteiger partial charge on any atom is -0.508 e. The molecule has 6 heteroatoms. The van der Waals surface area contributed by atoms with Gasteiger partial charge in [-0.15, -0.1) is 0 Å². The predicted octanol–water partition coefficient (Wildman–Crippen LogP) is 2.36. The number of rotatable bonds is 2. The normalized spacial score (nSPS) is 9.18. The van der Waals surface area contributed by atoms with Crippen LogP contribution in [-0.2, 0) is 9.47 Å². The highest BCUT2D eigenvalue weighted by atomic mass is 16.5. The lowest BCUT2D eigenvalue weighted by molar-refractivity contribution is 0.0592. The Bertz CT molecular complexity index is 559. The molecule has 116 valence electrons. The van der Waals surface area contributed by atoms with E-state index in [9.17, 15) is 9.59 Å². The second kappa shape index (κ2) is 8.31. The fourth-order valence-corrected chi connectivity index (χ4v) is 1.43. The Morgan fingerprint density at radius 2 is 0.955 bits per heavy atom. The SMILES string of the molecule is COC(=O)c1ccc(O)cc1.COC(=O)c1ccc(O)cc1. The maximum absolute atomic E-state index is 10.8. The first-order valence-corrected chi connectivity index (χ1v) is 6.22. The molecule has 2 N–H and O–H groups in total. The van der Waals surface area contributed by atoms with Crippen LogP contribution in [0.5, 0.6) is 11.5 Å². The molecule has 2 rings (SSSR count). The van der Waals surface area contributed by atoms with Crippen LogP contribution in [0.25, 0.3) is 0 Å². The largest absolute Gasteiger partial charge is 0.508 e. The molecule has 0 aliphatic heterocycles. The van der Waals surface area contributed by atoms with Crippen molar-refractivity contribution < 1.29 is 29.3 Å². The van der Waals surface area contributed by atoms with E-state index < -0.39 is 11.9 Å². The third kappa shape index (κ3) is 5.16. The fraction of sp³-hybridized carbons (Fsp3) is 0.125. The molecule has 0 aliphatic rings. The highest BCUT2D eigenvalue weighted by molar-refractivity contribution is 5.89. The molecule has 0 spiro atoms. The molecule has 0 atom stereocenters. The zero-order valence-electron chi connectivity index (χ0n) is 12.1. The first-order valence-electron chi connectivity index (χ1n) is 6.22. The number of carbonyl (C=O) groups excluding carboxylic acids is 2. The van der Waals surface area contributed by atoms with Gasteiger partial charge in [0.15, 0.2) is 0 Å². The summed E-state index contributed by atoms with van der Waals surface area (Å²) < 4.78 is 8.91. The van der Waals surface area contributed by atoms with Crippen LogP contribution in [0.3, 0.4) is 0 Å². The molecular formula is C16H16O6. The summed E-state index contributed by atoms with van der Waals surface area (Å²) in [7, 11) is 2.63. The van der Waals surface area contributed by atoms with E-state index in [-0.39, 0.29) is 11.5 Å². The second-order valence-corrected chi connectivity index (χ2v) is 4.08. The van der Waals surface area contributed by atoms with Gasteiger partial charge < -0.3 is 19.7 Å². The minimum absolute atomic E-state index is 0.137. The maximum Gasteiger partial charge on any atom is 0.337 e. The van der Waals surface area contributed by atoms with Gasteiger partial charge in [-0.05, 0) is 48.5 Å². The van der Waals surface area contributed by atoms with Gasteiger partial charge in [0.2, 0.25) is 0 Å². The van der Waals surface area contributed by atoms with Crippen molar-refractivity contribution in [2.45, 2.75) is 0 Å². The van der Waals surface area contributed by atoms with Gasteiger partial charge in [-0.25, -0.2) is 9.59 Å². The van der Waals surface area contributed by atoms with Gasteiger partial charge in [0.25, 0.3) is 0 Å². The van der Waals surface area contributed by atoms with Crippen LogP contribution in [0.1, 0.15) is 20.7 Å². The van der Waals surface area contributed by atoms with Crippen molar-refractivity contribution in [2.75, 3.05) is 14.2 Å². The van der Waals surface area contributed by atoms with Crippen molar-refractivity contribution in [1.82, 2.24) is 0 Å². The summed E-state index contributed by atoms with van der Waals surface area (Å²) in [6.45, 7) is 0. The summed E-state index contributed by atoms with van der Waals surface area (Å²) in [5, 5.41) is 17.7. The molecule has 0 radical (unpaired) electrons. The van der Waals surface area contributed by atoms with Gasteiger partial charge in [0.05, 0.1) is 25.3 Å². The van der Waals surface area contributed by atoms with E-state index in [1.165, 1.54) is 62.8 Å². The molecule has 2 aromatic carbocycles. The Morgan fingerprint density at radius 1 is 0.682 bits per heavy atom. The van der Waals surface area contributed by atoms with E-state index in [0.717, 1.165) is 0 Å². The number of ether oxygens (including phenoxy) is 2. The average Bonchev–Trinajstić information content (AvgIpc) is 2.55. The van der Waals surface area contributed by atoms with E-state index >= 15 is 0 Å². The van der Waals surface area contributed by atoms with Gasteiger partial charge in [0.1, 0.15) is 11.5 Å². The Balaban J connectivity index is 0.000000220. The molecule has 0 saturated carbocycles. The number of hydrogen-bond donors (Lipinski definition) is 2. The smallest absolute Gasteiger partial charge is 0.337 e. The first-order chi connectivity index (χ1) is 10.5. The third-order valence-corrected chi connectivity index (χ3v) is 2.58. The summed E-state index contributed by atoms with van der Waals surface area (Å²) in [5.74, 6) is -0.523. The molecule has 0 saturated heterocycles. The molecule has 0 amide bonds. The summed E-state index contributed by atoms with van der Waals surface area (Å²) in [4.78, 5) is 21.6. The summed E-state index contributed by atoms with van der Waals surface area (Å²) in [6.07, 6.45) is 0.